The lowest BCUT2D eigenvalue weighted by molar-refractivity contribution is -0.389. The van der Waals surface area contributed by atoms with Gasteiger partial charge >= 0.3 is 12.0 Å². The van der Waals surface area contributed by atoms with E-state index in [1.54, 1.807) is 0 Å². The van der Waals surface area contributed by atoms with E-state index in [1.807, 2.05) is 0 Å². The number of rotatable bonds is 6. The van der Waals surface area contributed by atoms with E-state index in [1.165, 1.54) is 11.1 Å². The summed E-state index contributed by atoms with van der Waals surface area (Å²) in [6, 6.07) is -0.664. The topological polar surface area (TPSA) is 105 Å². The van der Waals surface area contributed by atoms with Gasteiger partial charge in [-0.05, 0) is 4.92 Å². The Kier molecular flexibility index (Phi) is 5.72. The van der Waals surface area contributed by atoms with Crippen LogP contribution < -0.4 is 10.6 Å². The van der Waals surface area contributed by atoms with Gasteiger partial charge in [0.15, 0.2) is 0 Å². The van der Waals surface area contributed by atoms with Gasteiger partial charge in [0.05, 0.1) is 17.4 Å². The van der Waals surface area contributed by atoms with Crippen molar-refractivity contribution in [1.82, 2.24) is 25.3 Å². The molecular weight excluding hydrogens is 333 g/mol. The molecule has 0 saturated carbocycles. The molecule has 9 nitrogen and oxygen atoms in total. The maximum absolute atomic E-state index is 13.2. The highest BCUT2D eigenvalue weighted by molar-refractivity contribution is 5.75. The molecule has 2 rings (SSSR count). The van der Waals surface area contributed by atoms with Crippen LogP contribution in [0.15, 0.2) is 12.3 Å². The van der Waals surface area contributed by atoms with Gasteiger partial charge in [-0.15, -0.1) is 0 Å². The van der Waals surface area contributed by atoms with Crippen LogP contribution >= 0.6 is 0 Å². The van der Waals surface area contributed by atoms with E-state index in [2.05, 4.69) is 15.7 Å². The third-order valence-electron chi connectivity index (χ3n) is 3.58. The van der Waals surface area contributed by atoms with E-state index in [0.717, 1.165) is 10.7 Å². The van der Waals surface area contributed by atoms with Crippen molar-refractivity contribution in [3.63, 3.8) is 0 Å². The summed E-state index contributed by atoms with van der Waals surface area (Å²) in [4.78, 5) is 22.8. The van der Waals surface area contributed by atoms with E-state index in [0.29, 0.717) is 13.1 Å². The van der Waals surface area contributed by atoms with Crippen LogP contribution in [0, 0.1) is 10.1 Å². The van der Waals surface area contributed by atoms with Crippen LogP contribution in [0.2, 0.25) is 0 Å². The van der Waals surface area contributed by atoms with Crippen molar-refractivity contribution in [1.29, 1.82) is 0 Å². The lowest BCUT2D eigenvalue weighted by Gasteiger charge is -2.35. The third-order valence-corrected chi connectivity index (χ3v) is 3.58. The fraction of sp³-hybridized carbons (Fsp3) is 0.667. The fourth-order valence-electron chi connectivity index (χ4n) is 2.40. The summed E-state index contributed by atoms with van der Waals surface area (Å²) in [5.74, 6) is -1.13. The molecule has 1 atom stereocenters. The first-order valence-corrected chi connectivity index (χ1v) is 7.23. The molecule has 1 aliphatic heterocycles. The Labute approximate surface area is 134 Å². The Bertz CT molecular complexity index is 585. The predicted octanol–water partition coefficient (Wildman–Crippen LogP) is -0.256. The summed E-state index contributed by atoms with van der Waals surface area (Å²) in [5, 5.41) is 19.2. The Balaban J connectivity index is 1.90. The quantitative estimate of drug-likeness (QED) is 0.541. The largest absolute Gasteiger partial charge is 0.405 e. The highest BCUT2D eigenvalue weighted by Gasteiger charge is 2.43. The SMILES string of the molecule is O=C(Cn1ccc([N+](=O)[O-])n1)NCC(N1CCNCC1)C(F)(F)F. The molecule has 1 aromatic heterocycles. The van der Waals surface area contributed by atoms with Crippen molar-refractivity contribution in [3.05, 3.63) is 22.4 Å². The molecule has 0 aliphatic carbocycles. The molecule has 0 aromatic carbocycles. The Morgan fingerprint density at radius 2 is 2.12 bits per heavy atom. The molecule has 24 heavy (non-hydrogen) atoms. The number of nitrogens with one attached hydrogen (secondary N) is 2. The second kappa shape index (κ2) is 7.57. The number of alkyl halides is 3. The molecule has 12 heteroatoms. The molecule has 1 aliphatic rings. The maximum Gasteiger partial charge on any atom is 0.405 e. The third kappa shape index (κ3) is 4.89. The van der Waals surface area contributed by atoms with Gasteiger partial charge in [0.25, 0.3) is 0 Å². The van der Waals surface area contributed by atoms with Crippen LogP contribution in [0.3, 0.4) is 0 Å². The summed E-state index contributed by atoms with van der Waals surface area (Å²) in [6.45, 7) is 0.428. The minimum atomic E-state index is -4.46. The van der Waals surface area contributed by atoms with Gasteiger partial charge in [0, 0.05) is 32.7 Å². The highest BCUT2D eigenvalue weighted by Crippen LogP contribution is 2.24. The highest BCUT2D eigenvalue weighted by atomic mass is 19.4. The Morgan fingerprint density at radius 3 is 2.67 bits per heavy atom. The van der Waals surface area contributed by atoms with Crippen LogP contribution in [0.25, 0.3) is 0 Å². The zero-order chi connectivity index (χ0) is 17.7. The molecule has 1 saturated heterocycles. The van der Waals surface area contributed by atoms with Gasteiger partial charge in [-0.25, -0.2) is 0 Å². The molecule has 0 spiro atoms. The standard InChI is InChI=1S/C12H17F3N6O3/c13-12(14,15)9(19-5-2-16-3-6-19)7-17-11(22)8-20-4-1-10(18-20)21(23)24/h1,4,9,16H,2-3,5-8H2,(H,17,22). The number of amides is 1. The number of carbonyl (C=O) groups excluding carboxylic acids is 1. The van der Waals surface area contributed by atoms with Crippen molar-refractivity contribution in [2.24, 2.45) is 0 Å². The number of aromatic nitrogens is 2. The maximum atomic E-state index is 13.2. The number of hydrogen-bond donors (Lipinski definition) is 2. The second-order valence-corrected chi connectivity index (χ2v) is 5.28. The molecule has 1 fully saturated rings. The van der Waals surface area contributed by atoms with E-state index in [-0.39, 0.29) is 19.6 Å². The first-order valence-electron chi connectivity index (χ1n) is 7.23. The predicted molar refractivity (Wildman–Crippen MR) is 76.2 cm³/mol. The van der Waals surface area contributed by atoms with Crippen molar-refractivity contribution in [3.8, 4) is 0 Å². The van der Waals surface area contributed by atoms with Crippen LogP contribution in [-0.4, -0.2) is 70.5 Å². The van der Waals surface area contributed by atoms with Crippen molar-refractivity contribution < 1.29 is 22.9 Å². The first-order chi connectivity index (χ1) is 11.3. The zero-order valence-electron chi connectivity index (χ0n) is 12.6. The van der Waals surface area contributed by atoms with Crippen LogP contribution in [0.4, 0.5) is 19.0 Å². The van der Waals surface area contributed by atoms with E-state index in [9.17, 15) is 28.1 Å². The van der Waals surface area contributed by atoms with Crippen LogP contribution in [0.1, 0.15) is 0 Å². The van der Waals surface area contributed by atoms with E-state index in [4.69, 9.17) is 0 Å². The number of carbonyl (C=O) groups is 1. The van der Waals surface area contributed by atoms with Gasteiger partial charge in [0.2, 0.25) is 5.91 Å². The van der Waals surface area contributed by atoms with Gasteiger partial charge in [-0.2, -0.15) is 17.9 Å². The van der Waals surface area contributed by atoms with E-state index < -0.39 is 35.4 Å². The molecule has 1 unspecified atom stereocenters. The Hall–Kier alpha value is -2.21. The summed E-state index contributed by atoms with van der Waals surface area (Å²) >= 11 is 0. The van der Waals surface area contributed by atoms with Gasteiger partial charge < -0.3 is 20.7 Å². The normalized spacial score (nSPS) is 17.5. The van der Waals surface area contributed by atoms with Crippen LogP contribution in [-0.2, 0) is 11.3 Å². The number of nitrogens with zero attached hydrogens (tertiary/aromatic N) is 4. The molecule has 2 heterocycles. The zero-order valence-corrected chi connectivity index (χ0v) is 12.6. The van der Waals surface area contributed by atoms with Crippen molar-refractivity contribution >= 4 is 11.7 Å². The second-order valence-electron chi connectivity index (χ2n) is 5.28. The minimum Gasteiger partial charge on any atom is -0.358 e. The molecule has 134 valence electrons. The summed E-state index contributed by atoms with van der Waals surface area (Å²) < 4.78 is 40.5. The van der Waals surface area contributed by atoms with E-state index >= 15 is 0 Å². The molecule has 0 bridgehead atoms. The number of piperazine rings is 1. The average molecular weight is 350 g/mol. The van der Waals surface area contributed by atoms with Gasteiger partial charge in [0.1, 0.15) is 12.6 Å². The lowest BCUT2D eigenvalue weighted by Crippen LogP contribution is -2.57. The summed E-state index contributed by atoms with van der Waals surface area (Å²) in [7, 11) is 0. The molecule has 1 amide bonds. The molecule has 1 aromatic rings. The van der Waals surface area contributed by atoms with Crippen molar-refractivity contribution in [2.75, 3.05) is 32.7 Å². The minimum absolute atomic E-state index is 0.241. The number of nitro groups is 1. The average Bonchev–Trinajstić information content (AvgIpc) is 2.96. The molecule has 0 radical (unpaired) electrons. The fourth-order valence-corrected chi connectivity index (χ4v) is 2.40. The number of hydrogen-bond acceptors (Lipinski definition) is 6. The Morgan fingerprint density at radius 1 is 1.46 bits per heavy atom. The number of halogens is 3. The summed E-state index contributed by atoms with van der Waals surface area (Å²) in [5.41, 5.74) is 0. The molecule has 2 N–H and O–H groups in total. The summed E-state index contributed by atoms with van der Waals surface area (Å²) in [6.07, 6.45) is -3.25. The van der Waals surface area contributed by atoms with Crippen LogP contribution in [0.5, 0.6) is 0 Å². The molecular formula is C12H17F3N6O3. The van der Waals surface area contributed by atoms with Gasteiger partial charge in [-0.3, -0.25) is 9.69 Å². The van der Waals surface area contributed by atoms with Gasteiger partial charge in [-0.1, -0.05) is 0 Å². The van der Waals surface area contributed by atoms with Crippen molar-refractivity contribution in [2.45, 2.75) is 18.8 Å². The smallest absolute Gasteiger partial charge is 0.358 e. The lowest BCUT2D eigenvalue weighted by atomic mass is 10.2. The first kappa shape index (κ1) is 18.1. The monoisotopic (exact) mass is 350 g/mol.